The first-order valence-corrected chi connectivity index (χ1v) is 9.53. The van der Waals surface area contributed by atoms with Gasteiger partial charge in [-0.15, -0.1) is 24.0 Å². The minimum atomic E-state index is -0.00585. The van der Waals surface area contributed by atoms with E-state index in [2.05, 4.69) is 41.6 Å². The van der Waals surface area contributed by atoms with E-state index in [9.17, 15) is 0 Å². The fourth-order valence-electron chi connectivity index (χ4n) is 3.45. The zero-order valence-electron chi connectivity index (χ0n) is 17.4. The lowest BCUT2D eigenvalue weighted by molar-refractivity contribution is 0.0732. The van der Waals surface area contributed by atoms with Crippen molar-refractivity contribution in [3.63, 3.8) is 0 Å². The van der Waals surface area contributed by atoms with Crippen molar-refractivity contribution in [3.05, 3.63) is 29.8 Å². The second kappa shape index (κ2) is 11.1. The van der Waals surface area contributed by atoms with Gasteiger partial charge in [-0.3, -0.25) is 4.99 Å². The van der Waals surface area contributed by atoms with Crippen molar-refractivity contribution in [3.8, 4) is 5.75 Å². The molecule has 0 unspecified atom stereocenters. The third-order valence-corrected chi connectivity index (χ3v) is 5.67. The van der Waals surface area contributed by atoms with Gasteiger partial charge in [-0.2, -0.15) is 0 Å². The van der Waals surface area contributed by atoms with Crippen LogP contribution in [0, 0.1) is 5.41 Å². The lowest BCUT2D eigenvalue weighted by Crippen LogP contribution is -2.49. The van der Waals surface area contributed by atoms with E-state index in [0.717, 1.165) is 37.8 Å². The molecule has 0 heterocycles. The number of nitrogens with one attached hydrogen (secondary N) is 2. The molecule has 0 aliphatic heterocycles. The summed E-state index contributed by atoms with van der Waals surface area (Å²) in [4.78, 5) is 4.40. The molecule has 2 N–H and O–H groups in total. The van der Waals surface area contributed by atoms with E-state index in [1.165, 1.54) is 24.8 Å². The maximum absolute atomic E-state index is 5.28. The van der Waals surface area contributed by atoms with E-state index >= 15 is 0 Å². The summed E-state index contributed by atoms with van der Waals surface area (Å²) in [6.45, 7) is 7.07. The normalized spacial score (nSPS) is 16.1. The van der Waals surface area contributed by atoms with Crippen LogP contribution in [0.5, 0.6) is 5.75 Å². The van der Waals surface area contributed by atoms with Gasteiger partial charge >= 0.3 is 0 Å². The Balaban J connectivity index is 0.00000364. The Labute approximate surface area is 181 Å². The molecule has 0 amide bonds. The molecule has 6 heteroatoms. The second-order valence-electron chi connectivity index (χ2n) is 7.99. The van der Waals surface area contributed by atoms with Gasteiger partial charge in [0.2, 0.25) is 0 Å². The van der Waals surface area contributed by atoms with Gasteiger partial charge in [0, 0.05) is 39.3 Å². The molecule has 1 aromatic carbocycles. The molecule has 2 rings (SSSR count). The lowest BCUT2D eigenvalue weighted by Gasteiger charge is -2.42. The lowest BCUT2D eigenvalue weighted by atomic mass is 9.67. The number of benzene rings is 1. The van der Waals surface area contributed by atoms with Gasteiger partial charge in [-0.1, -0.05) is 32.4 Å². The van der Waals surface area contributed by atoms with Gasteiger partial charge in [-0.05, 0) is 42.4 Å². The van der Waals surface area contributed by atoms with Crippen LogP contribution in [0.4, 0.5) is 0 Å². The molecule has 0 spiro atoms. The molecule has 5 nitrogen and oxygen atoms in total. The fourth-order valence-corrected chi connectivity index (χ4v) is 3.45. The third kappa shape index (κ3) is 6.82. The zero-order chi connectivity index (χ0) is 19.0. The molecule has 1 saturated carbocycles. The van der Waals surface area contributed by atoms with E-state index < -0.39 is 0 Å². The highest BCUT2D eigenvalue weighted by Crippen LogP contribution is 2.43. The Morgan fingerprint density at radius 1 is 1.15 bits per heavy atom. The summed E-state index contributed by atoms with van der Waals surface area (Å²) in [6.07, 6.45) is 4.99. The van der Waals surface area contributed by atoms with Crippen molar-refractivity contribution < 1.29 is 9.47 Å². The molecule has 1 aliphatic carbocycles. The van der Waals surface area contributed by atoms with Gasteiger partial charge < -0.3 is 20.1 Å². The van der Waals surface area contributed by atoms with Crippen molar-refractivity contribution in [1.29, 1.82) is 0 Å². The minimum absolute atomic E-state index is 0. The number of nitrogens with zero attached hydrogens (tertiary/aromatic N) is 1. The number of methoxy groups -OCH3 is 2. The van der Waals surface area contributed by atoms with Crippen LogP contribution in [0.15, 0.2) is 29.3 Å². The number of rotatable bonds is 9. The van der Waals surface area contributed by atoms with Crippen molar-refractivity contribution >= 4 is 29.9 Å². The molecule has 0 aromatic heterocycles. The molecule has 154 valence electrons. The van der Waals surface area contributed by atoms with Crippen LogP contribution in [-0.4, -0.2) is 46.9 Å². The van der Waals surface area contributed by atoms with Gasteiger partial charge in [0.15, 0.2) is 5.96 Å². The summed E-state index contributed by atoms with van der Waals surface area (Å²) in [7, 11) is 5.30. The molecule has 1 fully saturated rings. The van der Waals surface area contributed by atoms with Crippen molar-refractivity contribution in [1.82, 2.24) is 10.6 Å². The maximum atomic E-state index is 5.28. The van der Waals surface area contributed by atoms with Crippen LogP contribution < -0.4 is 15.4 Å². The smallest absolute Gasteiger partial charge is 0.191 e. The number of guanidine groups is 1. The summed E-state index contributed by atoms with van der Waals surface area (Å²) in [5.74, 6) is 1.76. The Hall–Kier alpha value is -1.02. The zero-order valence-corrected chi connectivity index (χ0v) is 19.8. The largest absolute Gasteiger partial charge is 0.497 e. The standard InChI is InChI=1S/C21H35N3O2.HI/c1-20(2,17-7-9-18(26-5)10-8-17)15-23-19(22-3)24-16-21(11-6-12-21)13-14-25-4;/h7-10H,6,11-16H2,1-5H3,(H2,22,23,24);1H. The van der Waals surface area contributed by atoms with E-state index in [1.54, 1.807) is 14.2 Å². The summed E-state index contributed by atoms with van der Waals surface area (Å²) in [5.41, 5.74) is 1.64. The summed E-state index contributed by atoms with van der Waals surface area (Å²) in [6, 6.07) is 8.29. The fraction of sp³-hybridized carbons (Fsp3) is 0.667. The molecule has 27 heavy (non-hydrogen) atoms. The second-order valence-corrected chi connectivity index (χ2v) is 7.99. The first kappa shape index (κ1) is 24.0. The predicted octanol–water partition coefficient (Wildman–Crippen LogP) is 3.96. The van der Waals surface area contributed by atoms with Crippen LogP contribution in [0.25, 0.3) is 0 Å². The van der Waals surface area contributed by atoms with Gasteiger partial charge in [-0.25, -0.2) is 0 Å². The molecule has 0 atom stereocenters. The predicted molar refractivity (Wildman–Crippen MR) is 124 cm³/mol. The van der Waals surface area contributed by atoms with Crippen LogP contribution in [0.1, 0.15) is 45.1 Å². The Morgan fingerprint density at radius 3 is 2.30 bits per heavy atom. The topological polar surface area (TPSA) is 54.9 Å². The average molecular weight is 489 g/mol. The number of ether oxygens (including phenoxy) is 2. The molecule has 0 bridgehead atoms. The minimum Gasteiger partial charge on any atom is -0.497 e. The van der Waals surface area contributed by atoms with E-state index in [-0.39, 0.29) is 29.4 Å². The number of hydrogen-bond donors (Lipinski definition) is 2. The van der Waals surface area contributed by atoms with Crippen LogP contribution in [-0.2, 0) is 10.2 Å². The Kier molecular flexibility index (Phi) is 9.87. The summed E-state index contributed by atoms with van der Waals surface area (Å²) >= 11 is 0. The van der Waals surface area contributed by atoms with E-state index in [1.807, 2.05) is 19.2 Å². The van der Waals surface area contributed by atoms with Crippen molar-refractivity contribution in [2.75, 3.05) is 41.0 Å². The number of aliphatic imine (C=N–C) groups is 1. The Morgan fingerprint density at radius 2 is 1.81 bits per heavy atom. The van der Waals surface area contributed by atoms with Crippen molar-refractivity contribution in [2.24, 2.45) is 10.4 Å². The maximum Gasteiger partial charge on any atom is 0.191 e. The van der Waals surface area contributed by atoms with Crippen LogP contribution >= 0.6 is 24.0 Å². The highest BCUT2D eigenvalue weighted by molar-refractivity contribution is 14.0. The SMILES string of the molecule is CN=C(NCC1(CCOC)CCC1)NCC(C)(C)c1ccc(OC)cc1.I. The molecular weight excluding hydrogens is 453 g/mol. The molecule has 1 aromatic rings. The highest BCUT2D eigenvalue weighted by Gasteiger charge is 2.36. The summed E-state index contributed by atoms with van der Waals surface area (Å²) in [5, 5.41) is 7.02. The van der Waals surface area contributed by atoms with Crippen LogP contribution in [0.3, 0.4) is 0 Å². The van der Waals surface area contributed by atoms with Gasteiger partial charge in [0.25, 0.3) is 0 Å². The van der Waals surface area contributed by atoms with Crippen LogP contribution in [0.2, 0.25) is 0 Å². The van der Waals surface area contributed by atoms with E-state index in [0.29, 0.717) is 5.41 Å². The number of hydrogen-bond acceptors (Lipinski definition) is 3. The van der Waals surface area contributed by atoms with Crippen molar-refractivity contribution in [2.45, 2.75) is 44.9 Å². The quantitative estimate of drug-likeness (QED) is 0.313. The monoisotopic (exact) mass is 489 g/mol. The summed E-state index contributed by atoms with van der Waals surface area (Å²) < 4.78 is 10.5. The molecule has 1 aliphatic rings. The van der Waals surface area contributed by atoms with E-state index in [4.69, 9.17) is 9.47 Å². The molecule has 0 radical (unpaired) electrons. The van der Waals surface area contributed by atoms with Gasteiger partial charge in [0.05, 0.1) is 7.11 Å². The molecule has 0 saturated heterocycles. The first-order chi connectivity index (χ1) is 12.4. The third-order valence-electron chi connectivity index (χ3n) is 5.67. The number of halogens is 1. The van der Waals surface area contributed by atoms with Gasteiger partial charge in [0.1, 0.15) is 5.75 Å². The average Bonchev–Trinajstić information content (AvgIpc) is 2.62. The first-order valence-electron chi connectivity index (χ1n) is 9.53. The Bertz CT molecular complexity index is 584. The molecular formula is C21H36IN3O2. The highest BCUT2D eigenvalue weighted by atomic mass is 127.